The number of rotatable bonds is 19. The Morgan fingerprint density at radius 3 is 1.64 bits per heavy atom. The van der Waals surface area contributed by atoms with Crippen LogP contribution in [-0.2, 0) is 33.3 Å². The number of carbonyl (C=O) groups excluding carboxylic acids is 2. The Hall–Kier alpha value is -0.910. The van der Waals surface area contributed by atoms with E-state index in [2.05, 4.69) is 17.9 Å². The molecule has 147 valence electrons. The highest BCUT2D eigenvalue weighted by Crippen LogP contribution is 1.85. The van der Waals surface area contributed by atoms with Gasteiger partial charge in [0.15, 0.2) is 0 Å². The zero-order valence-corrected chi connectivity index (χ0v) is 15.4. The molecular formula is C15H29N2O7S. The van der Waals surface area contributed by atoms with E-state index < -0.39 is 5.91 Å². The van der Waals surface area contributed by atoms with Crippen molar-refractivity contribution in [3.05, 3.63) is 0 Å². The summed E-state index contributed by atoms with van der Waals surface area (Å²) in [5.74, 6) is -0.228. The minimum Gasteiger partial charge on any atom is -0.377 e. The molecule has 1 radical (unpaired) electrons. The zero-order valence-electron chi connectivity index (χ0n) is 14.5. The number of hydrogen-bond donors (Lipinski definition) is 2. The first-order valence-corrected chi connectivity index (χ1v) is 8.80. The van der Waals surface area contributed by atoms with Gasteiger partial charge in [-0.25, -0.2) is 0 Å². The second kappa shape index (κ2) is 19.4. The van der Waals surface area contributed by atoms with Crippen LogP contribution in [0.2, 0.25) is 0 Å². The molecule has 0 aliphatic carbocycles. The third kappa shape index (κ3) is 21.0. The molecule has 2 N–H and O–H groups in total. The number of amides is 2. The molecule has 0 fully saturated rings. The Balaban J connectivity index is 3.05. The fourth-order valence-corrected chi connectivity index (χ4v) is 1.70. The van der Waals surface area contributed by atoms with E-state index in [1.54, 1.807) is 0 Å². The highest BCUT2D eigenvalue weighted by Gasteiger charge is 1.98. The van der Waals surface area contributed by atoms with E-state index in [0.717, 1.165) is 0 Å². The lowest BCUT2D eigenvalue weighted by atomic mass is 10.4. The second-order valence-electron chi connectivity index (χ2n) is 4.75. The minimum absolute atomic E-state index is 0.0218. The predicted molar refractivity (Wildman–Crippen MR) is 93.7 cm³/mol. The number of nitrogens with one attached hydrogen (secondary N) is 2. The first-order valence-electron chi connectivity index (χ1n) is 8.17. The summed E-state index contributed by atoms with van der Waals surface area (Å²) < 4.78 is 26.0. The van der Waals surface area contributed by atoms with Gasteiger partial charge in [-0.15, -0.1) is 0 Å². The van der Waals surface area contributed by atoms with Crippen molar-refractivity contribution in [1.82, 2.24) is 11.1 Å². The summed E-state index contributed by atoms with van der Waals surface area (Å²) in [6, 6.07) is 0. The molecule has 0 unspecified atom stereocenters. The van der Waals surface area contributed by atoms with Gasteiger partial charge in [0.2, 0.25) is 5.91 Å². The smallest absolute Gasteiger partial charge is 0.264 e. The third-order valence-electron chi connectivity index (χ3n) is 2.63. The van der Waals surface area contributed by atoms with Crippen LogP contribution in [0, 0.1) is 0 Å². The van der Waals surface area contributed by atoms with Crippen LogP contribution in [0.3, 0.4) is 0 Å². The maximum atomic E-state index is 11.1. The molecule has 0 aliphatic heterocycles. The number of ether oxygens (including phenoxy) is 5. The lowest BCUT2D eigenvalue weighted by Gasteiger charge is -2.08. The van der Waals surface area contributed by atoms with Gasteiger partial charge in [-0.1, -0.05) is 0 Å². The van der Waals surface area contributed by atoms with Crippen LogP contribution in [0.5, 0.6) is 0 Å². The number of carbonyl (C=O) groups is 2. The molecule has 0 aromatic rings. The van der Waals surface area contributed by atoms with Crippen molar-refractivity contribution in [1.29, 1.82) is 0 Å². The maximum Gasteiger partial charge on any atom is 0.264 e. The highest BCUT2D eigenvalue weighted by atomic mass is 32.1. The van der Waals surface area contributed by atoms with Gasteiger partial charge in [-0.05, 0) is 5.75 Å². The molecule has 9 nitrogen and oxygen atoms in total. The van der Waals surface area contributed by atoms with Crippen LogP contribution in [0.15, 0.2) is 0 Å². The Morgan fingerprint density at radius 2 is 1.20 bits per heavy atom. The molecule has 0 atom stereocenters. The summed E-state index contributed by atoms with van der Waals surface area (Å²) in [6.07, 6.45) is 0.415. The van der Waals surface area contributed by atoms with Crippen LogP contribution in [-0.4, -0.2) is 90.2 Å². The molecule has 2 amide bonds. The fourth-order valence-electron chi connectivity index (χ4n) is 1.50. The lowest BCUT2D eigenvalue weighted by molar-refractivity contribution is -0.123. The van der Waals surface area contributed by atoms with Gasteiger partial charge in [-0.3, -0.25) is 15.3 Å². The van der Waals surface area contributed by atoms with E-state index in [0.29, 0.717) is 71.6 Å². The Morgan fingerprint density at radius 1 is 0.760 bits per heavy atom. The summed E-state index contributed by atoms with van der Waals surface area (Å²) in [7, 11) is 0. The van der Waals surface area contributed by atoms with Crippen molar-refractivity contribution in [3.8, 4) is 0 Å². The molecule has 25 heavy (non-hydrogen) atoms. The van der Waals surface area contributed by atoms with E-state index in [9.17, 15) is 9.59 Å². The summed E-state index contributed by atoms with van der Waals surface area (Å²) in [6.45, 7) is 4.13. The van der Waals surface area contributed by atoms with E-state index in [1.165, 1.54) is 0 Å². The Labute approximate surface area is 154 Å². The van der Waals surface area contributed by atoms with Crippen molar-refractivity contribution in [2.24, 2.45) is 0 Å². The van der Waals surface area contributed by atoms with Crippen LogP contribution >= 0.6 is 12.6 Å². The van der Waals surface area contributed by atoms with Crippen molar-refractivity contribution in [2.45, 2.75) is 6.42 Å². The quantitative estimate of drug-likeness (QED) is 0.225. The molecule has 0 rings (SSSR count). The van der Waals surface area contributed by atoms with Gasteiger partial charge in [0.25, 0.3) is 5.91 Å². The third-order valence-corrected chi connectivity index (χ3v) is 2.85. The van der Waals surface area contributed by atoms with Gasteiger partial charge in [-0.2, -0.15) is 12.6 Å². The molecule has 0 spiro atoms. The first-order chi connectivity index (χ1) is 12.2. The van der Waals surface area contributed by atoms with Crippen LogP contribution < -0.4 is 11.1 Å². The molecule has 0 heterocycles. The van der Waals surface area contributed by atoms with E-state index in [1.807, 2.05) is 0 Å². The van der Waals surface area contributed by atoms with E-state index in [4.69, 9.17) is 29.4 Å². The molecule has 0 bridgehead atoms. The summed E-state index contributed by atoms with van der Waals surface area (Å²) in [5, 5.41) is 2.72. The summed E-state index contributed by atoms with van der Waals surface area (Å²) >= 11 is 3.97. The largest absolute Gasteiger partial charge is 0.377 e. The van der Waals surface area contributed by atoms with Crippen LogP contribution in [0.4, 0.5) is 0 Å². The predicted octanol–water partition coefficient (Wildman–Crippen LogP) is -0.685. The normalized spacial score (nSPS) is 10.8. The van der Waals surface area contributed by atoms with Crippen molar-refractivity contribution >= 4 is 24.4 Å². The summed E-state index contributed by atoms with van der Waals surface area (Å²) in [5.41, 5.74) is 6.63. The molecule has 0 saturated heterocycles. The minimum atomic E-state index is -0.746. The van der Waals surface area contributed by atoms with Crippen molar-refractivity contribution in [2.75, 3.05) is 78.4 Å². The average molecular weight is 381 g/mol. The van der Waals surface area contributed by atoms with Gasteiger partial charge < -0.3 is 29.0 Å². The Kier molecular flexibility index (Phi) is 18.7. The topological polar surface area (TPSA) is 116 Å². The fraction of sp³-hybridized carbons (Fsp3) is 0.867. The molecule has 0 aromatic heterocycles. The van der Waals surface area contributed by atoms with Gasteiger partial charge in [0.05, 0.1) is 59.5 Å². The van der Waals surface area contributed by atoms with Gasteiger partial charge >= 0.3 is 0 Å². The molecular weight excluding hydrogens is 352 g/mol. The van der Waals surface area contributed by atoms with Gasteiger partial charge in [0, 0.05) is 13.0 Å². The van der Waals surface area contributed by atoms with E-state index >= 15 is 0 Å². The molecule has 0 saturated carbocycles. The lowest BCUT2D eigenvalue weighted by Crippen LogP contribution is -2.27. The summed E-state index contributed by atoms with van der Waals surface area (Å²) in [4.78, 5) is 21.4. The maximum absolute atomic E-state index is 11.1. The molecule has 0 aliphatic rings. The first kappa shape index (κ1) is 24.1. The highest BCUT2D eigenvalue weighted by molar-refractivity contribution is 7.80. The second-order valence-corrected chi connectivity index (χ2v) is 5.20. The number of hydrogen-bond acceptors (Lipinski definition) is 8. The zero-order chi connectivity index (χ0) is 18.6. The monoisotopic (exact) mass is 381 g/mol. The number of thiol groups is 1. The van der Waals surface area contributed by atoms with Crippen LogP contribution in [0.25, 0.3) is 0 Å². The SMILES string of the molecule is [NH]C(=O)COCCOCCOCCOCCOCCNC(=O)CCS. The van der Waals surface area contributed by atoms with Crippen molar-refractivity contribution in [3.63, 3.8) is 0 Å². The van der Waals surface area contributed by atoms with Crippen LogP contribution in [0.1, 0.15) is 6.42 Å². The van der Waals surface area contributed by atoms with Crippen molar-refractivity contribution < 1.29 is 33.3 Å². The Bertz CT molecular complexity index is 335. The van der Waals surface area contributed by atoms with E-state index in [-0.39, 0.29) is 19.1 Å². The molecule has 0 aromatic carbocycles. The molecule has 10 heteroatoms. The average Bonchev–Trinajstić information content (AvgIpc) is 2.57. The van der Waals surface area contributed by atoms with Gasteiger partial charge in [0.1, 0.15) is 6.61 Å². The standard InChI is InChI=1S/C15H29N2O7S/c16-14(18)13-24-11-10-23-9-8-22-7-6-21-5-4-20-3-2-17-15(19)1-12-25/h16,25H,1-13H2,(H,17,19).